The number of nitrogens with zero attached hydrogens (tertiary/aromatic N) is 1. The van der Waals surface area contributed by atoms with E-state index in [2.05, 4.69) is 23.8 Å². The van der Waals surface area contributed by atoms with Crippen molar-refractivity contribution in [2.75, 3.05) is 13.1 Å². The largest absolute Gasteiger partial charge is 0.351 e. The number of carbonyl (C=O) groups is 3. The summed E-state index contributed by atoms with van der Waals surface area (Å²) in [6.07, 6.45) is 5.89. The summed E-state index contributed by atoms with van der Waals surface area (Å²) in [4.78, 5) is 39.5. The third kappa shape index (κ3) is 6.08. The number of allylic oxidation sites excluding steroid dienone is 1. The van der Waals surface area contributed by atoms with E-state index >= 15 is 0 Å². The third-order valence-electron chi connectivity index (χ3n) is 4.75. The Morgan fingerprint density at radius 2 is 1.93 bits per heavy atom. The van der Waals surface area contributed by atoms with Crippen LogP contribution in [0.15, 0.2) is 55.6 Å². The Morgan fingerprint density at radius 3 is 2.61 bits per heavy atom. The minimum atomic E-state index is -0.701. The number of carbonyl (C=O) groups excluding carboxylic acids is 3. The minimum absolute atomic E-state index is 0.179. The smallest absolute Gasteiger partial charge is 0.246 e. The molecule has 1 fully saturated rings. The summed E-state index contributed by atoms with van der Waals surface area (Å²) in [5.74, 6) is -0.588. The van der Waals surface area contributed by atoms with Crippen LogP contribution >= 0.6 is 0 Å². The number of rotatable bonds is 10. The maximum absolute atomic E-state index is 13.2. The van der Waals surface area contributed by atoms with Crippen LogP contribution < -0.4 is 10.6 Å². The topological polar surface area (TPSA) is 78.5 Å². The van der Waals surface area contributed by atoms with Gasteiger partial charge in [-0.2, -0.15) is 0 Å². The lowest BCUT2D eigenvalue weighted by Gasteiger charge is -2.29. The fraction of sp³-hybridized carbons (Fsp3) is 0.409. The molecule has 0 spiro atoms. The second-order valence-corrected chi connectivity index (χ2v) is 6.86. The minimum Gasteiger partial charge on any atom is -0.351 e. The Hall–Kier alpha value is -2.89. The summed E-state index contributed by atoms with van der Waals surface area (Å²) in [5.41, 5.74) is 0.955. The SMILES string of the molecule is C=CCCC(=O)N[C@@H](Cc1ccccc1)C(=O)N1CCC[C@H]1C(=O)NCC=C. The first-order chi connectivity index (χ1) is 13.6. The quantitative estimate of drug-likeness (QED) is 0.607. The Morgan fingerprint density at radius 1 is 1.18 bits per heavy atom. The molecule has 28 heavy (non-hydrogen) atoms. The first-order valence-corrected chi connectivity index (χ1v) is 9.70. The van der Waals surface area contributed by atoms with E-state index in [1.165, 1.54) is 0 Å². The maximum Gasteiger partial charge on any atom is 0.246 e. The molecule has 0 aromatic heterocycles. The van der Waals surface area contributed by atoms with Crippen LogP contribution in [0.5, 0.6) is 0 Å². The monoisotopic (exact) mass is 383 g/mol. The second kappa shape index (κ2) is 11.1. The van der Waals surface area contributed by atoms with Gasteiger partial charge in [0.2, 0.25) is 17.7 Å². The number of hydrogen-bond donors (Lipinski definition) is 2. The van der Waals surface area contributed by atoms with Crippen LogP contribution in [-0.2, 0) is 20.8 Å². The highest BCUT2D eigenvalue weighted by Crippen LogP contribution is 2.20. The van der Waals surface area contributed by atoms with Crippen molar-refractivity contribution in [2.24, 2.45) is 0 Å². The van der Waals surface area contributed by atoms with Gasteiger partial charge in [0.25, 0.3) is 0 Å². The molecule has 1 aromatic carbocycles. The summed E-state index contributed by atoms with van der Waals surface area (Å²) >= 11 is 0. The predicted molar refractivity (Wildman–Crippen MR) is 109 cm³/mol. The van der Waals surface area contributed by atoms with Crippen molar-refractivity contribution in [3.05, 3.63) is 61.2 Å². The fourth-order valence-corrected chi connectivity index (χ4v) is 3.34. The van der Waals surface area contributed by atoms with Gasteiger partial charge in [0.1, 0.15) is 12.1 Å². The molecule has 2 atom stereocenters. The van der Waals surface area contributed by atoms with Gasteiger partial charge in [0.05, 0.1) is 0 Å². The summed E-state index contributed by atoms with van der Waals surface area (Å²) in [7, 11) is 0. The van der Waals surface area contributed by atoms with Gasteiger partial charge in [0, 0.05) is 25.9 Å². The van der Waals surface area contributed by atoms with Crippen molar-refractivity contribution in [2.45, 2.75) is 44.2 Å². The summed E-state index contributed by atoms with van der Waals surface area (Å²) in [5, 5.41) is 5.62. The summed E-state index contributed by atoms with van der Waals surface area (Å²) < 4.78 is 0. The number of benzene rings is 1. The highest BCUT2D eigenvalue weighted by atomic mass is 16.2. The van der Waals surface area contributed by atoms with Crippen LogP contribution in [0.25, 0.3) is 0 Å². The fourth-order valence-electron chi connectivity index (χ4n) is 3.34. The molecule has 6 heteroatoms. The van der Waals surface area contributed by atoms with E-state index < -0.39 is 12.1 Å². The van der Waals surface area contributed by atoms with Gasteiger partial charge in [-0.25, -0.2) is 0 Å². The molecular weight excluding hydrogens is 354 g/mol. The maximum atomic E-state index is 13.2. The van der Waals surface area contributed by atoms with E-state index in [9.17, 15) is 14.4 Å². The molecule has 1 aliphatic rings. The van der Waals surface area contributed by atoms with Crippen LogP contribution in [0.4, 0.5) is 0 Å². The highest BCUT2D eigenvalue weighted by Gasteiger charge is 2.37. The lowest BCUT2D eigenvalue weighted by Crippen LogP contribution is -2.54. The Kier molecular flexibility index (Phi) is 8.46. The zero-order valence-electron chi connectivity index (χ0n) is 16.2. The molecule has 1 aromatic rings. The number of nitrogens with one attached hydrogen (secondary N) is 2. The van der Waals surface area contributed by atoms with Gasteiger partial charge in [-0.15, -0.1) is 13.2 Å². The molecule has 0 radical (unpaired) electrons. The van der Waals surface area contributed by atoms with Crippen molar-refractivity contribution in [3.8, 4) is 0 Å². The van der Waals surface area contributed by atoms with Crippen LogP contribution in [-0.4, -0.2) is 47.8 Å². The second-order valence-electron chi connectivity index (χ2n) is 6.86. The van der Waals surface area contributed by atoms with Crippen molar-refractivity contribution in [1.82, 2.24) is 15.5 Å². The van der Waals surface area contributed by atoms with Crippen molar-refractivity contribution in [3.63, 3.8) is 0 Å². The molecule has 3 amide bonds. The molecule has 1 saturated heterocycles. The van der Waals surface area contributed by atoms with Gasteiger partial charge in [-0.1, -0.05) is 42.5 Å². The zero-order valence-corrected chi connectivity index (χ0v) is 16.2. The number of likely N-dealkylation sites (tertiary alicyclic amines) is 1. The molecule has 0 bridgehead atoms. The Balaban J connectivity index is 2.14. The Labute approximate surface area is 166 Å². The van der Waals surface area contributed by atoms with Crippen LogP contribution in [0, 0.1) is 0 Å². The molecule has 1 heterocycles. The Bertz CT molecular complexity index is 702. The molecule has 6 nitrogen and oxygen atoms in total. The van der Waals surface area contributed by atoms with Crippen LogP contribution in [0.2, 0.25) is 0 Å². The first kappa shape index (κ1) is 21.4. The van der Waals surface area contributed by atoms with Crippen molar-refractivity contribution >= 4 is 17.7 Å². The van der Waals surface area contributed by atoms with Gasteiger partial charge in [0.15, 0.2) is 0 Å². The normalized spacial score (nSPS) is 16.9. The molecule has 0 unspecified atom stereocenters. The standard InChI is InChI=1S/C22H29N3O3/c1-3-5-13-20(26)24-18(16-17-10-7-6-8-11-17)22(28)25-15-9-12-19(25)21(27)23-14-4-2/h3-4,6-8,10-11,18-19H,1-2,5,9,12-16H2,(H,23,27)(H,24,26)/t18-,19-/m0/s1. The predicted octanol–water partition coefficient (Wildman–Crippen LogP) is 1.97. The highest BCUT2D eigenvalue weighted by molar-refractivity contribution is 5.92. The summed E-state index contributed by atoms with van der Waals surface area (Å²) in [6, 6.07) is 8.35. The van der Waals surface area contributed by atoms with Crippen LogP contribution in [0.1, 0.15) is 31.2 Å². The van der Waals surface area contributed by atoms with Gasteiger partial charge in [-0.3, -0.25) is 14.4 Å². The molecule has 2 N–H and O–H groups in total. The average Bonchev–Trinajstić information content (AvgIpc) is 3.20. The van der Waals surface area contributed by atoms with E-state index in [0.717, 1.165) is 12.0 Å². The third-order valence-corrected chi connectivity index (χ3v) is 4.75. The van der Waals surface area contributed by atoms with E-state index in [4.69, 9.17) is 0 Å². The molecule has 2 rings (SSSR count). The van der Waals surface area contributed by atoms with Gasteiger partial charge in [-0.05, 0) is 24.8 Å². The number of amides is 3. The van der Waals surface area contributed by atoms with Crippen molar-refractivity contribution in [1.29, 1.82) is 0 Å². The summed E-state index contributed by atoms with van der Waals surface area (Å²) in [6.45, 7) is 8.10. The van der Waals surface area contributed by atoms with E-state index in [0.29, 0.717) is 32.4 Å². The lowest BCUT2D eigenvalue weighted by atomic mass is 10.0. The molecule has 0 saturated carbocycles. The van der Waals surface area contributed by atoms with E-state index in [-0.39, 0.29) is 24.1 Å². The molecular formula is C22H29N3O3. The van der Waals surface area contributed by atoms with Gasteiger partial charge >= 0.3 is 0 Å². The number of hydrogen-bond acceptors (Lipinski definition) is 3. The van der Waals surface area contributed by atoms with E-state index in [1.54, 1.807) is 17.1 Å². The molecule has 1 aliphatic heterocycles. The first-order valence-electron chi connectivity index (χ1n) is 9.70. The van der Waals surface area contributed by atoms with Crippen molar-refractivity contribution < 1.29 is 14.4 Å². The van der Waals surface area contributed by atoms with Crippen LogP contribution in [0.3, 0.4) is 0 Å². The molecule has 150 valence electrons. The lowest BCUT2D eigenvalue weighted by molar-refractivity contribution is -0.141. The van der Waals surface area contributed by atoms with Gasteiger partial charge < -0.3 is 15.5 Å². The van der Waals surface area contributed by atoms with E-state index in [1.807, 2.05) is 30.3 Å². The molecule has 0 aliphatic carbocycles. The average molecular weight is 383 g/mol. The zero-order chi connectivity index (χ0) is 20.4.